The van der Waals surface area contributed by atoms with Crippen molar-refractivity contribution in [3.63, 3.8) is 0 Å². The molecule has 3 rings (SSSR count). The van der Waals surface area contributed by atoms with Crippen LogP contribution in [0.2, 0.25) is 0 Å². The van der Waals surface area contributed by atoms with E-state index >= 15 is 0 Å². The van der Waals surface area contributed by atoms with E-state index in [1.54, 1.807) is 35.5 Å². The van der Waals surface area contributed by atoms with Crippen molar-refractivity contribution in [2.75, 3.05) is 0 Å². The SMILES string of the molecule is Cn1nc(-c2cccs2)cc1C(=O)NCc1cccnc1. The molecule has 21 heavy (non-hydrogen) atoms. The number of hydrogen-bond acceptors (Lipinski definition) is 4. The molecule has 0 radical (unpaired) electrons. The second-order valence-electron chi connectivity index (χ2n) is 4.56. The summed E-state index contributed by atoms with van der Waals surface area (Å²) >= 11 is 1.60. The Hall–Kier alpha value is -2.47. The van der Waals surface area contributed by atoms with Gasteiger partial charge >= 0.3 is 0 Å². The van der Waals surface area contributed by atoms with Gasteiger partial charge in [-0.2, -0.15) is 5.10 Å². The fourth-order valence-corrected chi connectivity index (χ4v) is 2.68. The average molecular weight is 298 g/mol. The second kappa shape index (κ2) is 5.88. The van der Waals surface area contributed by atoms with Gasteiger partial charge in [0, 0.05) is 26.0 Å². The van der Waals surface area contributed by atoms with Crippen LogP contribution in [0.1, 0.15) is 16.1 Å². The highest BCUT2D eigenvalue weighted by molar-refractivity contribution is 7.13. The zero-order valence-electron chi connectivity index (χ0n) is 11.5. The lowest BCUT2D eigenvalue weighted by Gasteiger charge is -2.04. The molecule has 3 aromatic rings. The minimum Gasteiger partial charge on any atom is -0.347 e. The Kier molecular flexibility index (Phi) is 3.79. The van der Waals surface area contributed by atoms with Gasteiger partial charge in [0.05, 0.1) is 4.88 Å². The van der Waals surface area contributed by atoms with Crippen molar-refractivity contribution < 1.29 is 4.79 Å². The molecule has 106 valence electrons. The van der Waals surface area contributed by atoms with Crippen molar-refractivity contribution in [2.24, 2.45) is 7.05 Å². The van der Waals surface area contributed by atoms with Crippen molar-refractivity contribution in [3.8, 4) is 10.6 Å². The monoisotopic (exact) mass is 298 g/mol. The maximum Gasteiger partial charge on any atom is 0.269 e. The van der Waals surface area contributed by atoms with Crippen LogP contribution >= 0.6 is 11.3 Å². The van der Waals surface area contributed by atoms with Crippen molar-refractivity contribution >= 4 is 17.2 Å². The first-order valence-corrected chi connectivity index (χ1v) is 7.37. The molecule has 1 amide bonds. The molecule has 0 aliphatic heterocycles. The van der Waals surface area contributed by atoms with E-state index in [1.165, 1.54) is 0 Å². The van der Waals surface area contributed by atoms with Crippen LogP contribution in [0.5, 0.6) is 0 Å². The summed E-state index contributed by atoms with van der Waals surface area (Å²) in [5.41, 5.74) is 2.33. The van der Waals surface area contributed by atoms with Gasteiger partial charge in [0.1, 0.15) is 11.4 Å². The molecular weight excluding hydrogens is 284 g/mol. The molecular formula is C15H14N4OS. The number of aryl methyl sites for hydroxylation is 1. The van der Waals surface area contributed by atoms with E-state index < -0.39 is 0 Å². The molecule has 3 heterocycles. The third kappa shape index (κ3) is 3.00. The number of aromatic nitrogens is 3. The van der Waals surface area contributed by atoms with Crippen molar-refractivity contribution in [1.82, 2.24) is 20.1 Å². The maximum atomic E-state index is 12.2. The number of carbonyl (C=O) groups excluding carboxylic acids is 1. The van der Waals surface area contributed by atoms with Crippen LogP contribution in [0.15, 0.2) is 48.1 Å². The molecule has 0 spiro atoms. The molecule has 1 N–H and O–H groups in total. The summed E-state index contributed by atoms with van der Waals surface area (Å²) < 4.78 is 1.60. The lowest BCUT2D eigenvalue weighted by Crippen LogP contribution is -2.25. The fourth-order valence-electron chi connectivity index (χ4n) is 2.00. The number of rotatable bonds is 4. The Morgan fingerprint density at radius 2 is 2.29 bits per heavy atom. The smallest absolute Gasteiger partial charge is 0.269 e. The minimum absolute atomic E-state index is 0.142. The minimum atomic E-state index is -0.142. The number of carbonyl (C=O) groups is 1. The van der Waals surface area contributed by atoms with Crippen molar-refractivity contribution in [1.29, 1.82) is 0 Å². The van der Waals surface area contributed by atoms with E-state index in [1.807, 2.05) is 35.7 Å². The largest absolute Gasteiger partial charge is 0.347 e. The van der Waals surface area contributed by atoms with Crippen LogP contribution < -0.4 is 5.32 Å². The number of nitrogens with one attached hydrogen (secondary N) is 1. The number of hydrogen-bond donors (Lipinski definition) is 1. The molecule has 6 heteroatoms. The quantitative estimate of drug-likeness (QED) is 0.805. The van der Waals surface area contributed by atoms with Gasteiger partial charge in [-0.15, -0.1) is 11.3 Å². The Labute approximate surface area is 126 Å². The number of pyridine rings is 1. The molecule has 0 aromatic carbocycles. The van der Waals surface area contributed by atoms with Gasteiger partial charge < -0.3 is 5.32 Å². The first-order chi connectivity index (χ1) is 10.2. The Bertz CT molecular complexity index is 734. The predicted molar refractivity (Wildman–Crippen MR) is 81.9 cm³/mol. The first-order valence-electron chi connectivity index (χ1n) is 6.49. The van der Waals surface area contributed by atoms with E-state index in [-0.39, 0.29) is 5.91 Å². The molecule has 0 unspecified atom stereocenters. The van der Waals surface area contributed by atoms with Gasteiger partial charge in [0.25, 0.3) is 5.91 Å². The van der Waals surface area contributed by atoms with Crippen LogP contribution in [-0.4, -0.2) is 20.7 Å². The lowest BCUT2D eigenvalue weighted by molar-refractivity contribution is 0.0941. The summed E-state index contributed by atoms with van der Waals surface area (Å²) in [7, 11) is 1.77. The molecule has 0 aliphatic rings. The summed E-state index contributed by atoms with van der Waals surface area (Å²) in [5, 5.41) is 9.25. The Balaban J connectivity index is 1.73. The summed E-state index contributed by atoms with van der Waals surface area (Å²) in [4.78, 5) is 17.3. The highest BCUT2D eigenvalue weighted by Gasteiger charge is 2.14. The van der Waals surface area contributed by atoms with Crippen LogP contribution in [0.4, 0.5) is 0 Å². The molecule has 0 bridgehead atoms. The van der Waals surface area contributed by atoms with Gasteiger partial charge in [-0.05, 0) is 29.1 Å². The van der Waals surface area contributed by atoms with E-state index in [4.69, 9.17) is 0 Å². The lowest BCUT2D eigenvalue weighted by atomic mass is 10.2. The summed E-state index contributed by atoms with van der Waals surface area (Å²) in [6.45, 7) is 0.451. The van der Waals surface area contributed by atoms with Crippen molar-refractivity contribution in [3.05, 3.63) is 59.4 Å². The van der Waals surface area contributed by atoms with E-state index in [9.17, 15) is 4.79 Å². The Morgan fingerprint density at radius 1 is 1.38 bits per heavy atom. The zero-order chi connectivity index (χ0) is 14.7. The molecule has 0 fully saturated rings. The summed E-state index contributed by atoms with van der Waals surface area (Å²) in [6, 6.07) is 9.54. The van der Waals surface area contributed by atoms with Gasteiger partial charge in [-0.25, -0.2) is 0 Å². The normalized spacial score (nSPS) is 10.5. The van der Waals surface area contributed by atoms with Crippen LogP contribution in [0.3, 0.4) is 0 Å². The van der Waals surface area contributed by atoms with Gasteiger partial charge in [0.15, 0.2) is 0 Å². The highest BCUT2D eigenvalue weighted by atomic mass is 32.1. The van der Waals surface area contributed by atoms with Crippen LogP contribution in [0, 0.1) is 0 Å². The maximum absolute atomic E-state index is 12.2. The summed E-state index contributed by atoms with van der Waals surface area (Å²) in [5.74, 6) is -0.142. The molecule has 0 saturated heterocycles. The molecule has 5 nitrogen and oxygen atoms in total. The first kappa shape index (κ1) is 13.5. The number of nitrogens with zero attached hydrogens (tertiary/aromatic N) is 3. The van der Waals surface area contributed by atoms with E-state index in [0.717, 1.165) is 16.1 Å². The van der Waals surface area contributed by atoms with Gasteiger partial charge in [-0.3, -0.25) is 14.5 Å². The van der Waals surface area contributed by atoms with E-state index in [2.05, 4.69) is 15.4 Å². The van der Waals surface area contributed by atoms with Gasteiger partial charge in [0.2, 0.25) is 0 Å². The molecule has 0 aliphatic carbocycles. The number of thiophene rings is 1. The average Bonchev–Trinajstić information content (AvgIpc) is 3.15. The summed E-state index contributed by atoms with van der Waals surface area (Å²) in [6.07, 6.45) is 3.44. The fraction of sp³-hybridized carbons (Fsp3) is 0.133. The van der Waals surface area contributed by atoms with Crippen molar-refractivity contribution in [2.45, 2.75) is 6.54 Å². The van der Waals surface area contributed by atoms with Crippen LogP contribution in [-0.2, 0) is 13.6 Å². The molecule has 0 saturated carbocycles. The Morgan fingerprint density at radius 3 is 3.00 bits per heavy atom. The number of amides is 1. The topological polar surface area (TPSA) is 59.8 Å². The van der Waals surface area contributed by atoms with Gasteiger partial charge in [-0.1, -0.05) is 12.1 Å². The third-order valence-electron chi connectivity index (χ3n) is 3.06. The predicted octanol–water partition coefficient (Wildman–Crippen LogP) is 2.47. The van der Waals surface area contributed by atoms with E-state index in [0.29, 0.717) is 12.2 Å². The van der Waals surface area contributed by atoms with Crippen LogP contribution in [0.25, 0.3) is 10.6 Å². The molecule has 0 atom stereocenters. The second-order valence-corrected chi connectivity index (χ2v) is 5.51. The molecule has 3 aromatic heterocycles. The standard InChI is InChI=1S/C15H14N4OS/c1-19-13(8-12(18-19)14-5-3-7-21-14)15(20)17-10-11-4-2-6-16-9-11/h2-9H,10H2,1H3,(H,17,20). The third-order valence-corrected chi connectivity index (χ3v) is 3.95. The zero-order valence-corrected chi connectivity index (χ0v) is 12.3. The highest BCUT2D eigenvalue weighted by Crippen LogP contribution is 2.23.